The number of ether oxygens (including phenoxy) is 2. The summed E-state index contributed by atoms with van der Waals surface area (Å²) in [5, 5.41) is 10.1. The number of rotatable bonds is 5. The third-order valence-electron chi connectivity index (χ3n) is 5.46. The van der Waals surface area contributed by atoms with E-state index in [0.717, 1.165) is 4.90 Å². The molecule has 3 unspecified atom stereocenters. The van der Waals surface area contributed by atoms with Crippen molar-refractivity contribution in [1.82, 2.24) is 4.90 Å². The van der Waals surface area contributed by atoms with Crippen LogP contribution in [-0.2, 0) is 9.59 Å². The fraction of sp³-hybridized carbons (Fsp3) is 0.333. The molecule has 0 radical (unpaired) electrons. The van der Waals surface area contributed by atoms with Crippen LogP contribution >= 0.6 is 23.2 Å². The van der Waals surface area contributed by atoms with Gasteiger partial charge in [0.15, 0.2) is 21.2 Å². The third kappa shape index (κ3) is 2.93. The first kappa shape index (κ1) is 21.3. The van der Waals surface area contributed by atoms with Gasteiger partial charge in [0.05, 0.1) is 14.2 Å². The Balaban J connectivity index is 2.10. The van der Waals surface area contributed by atoms with Gasteiger partial charge in [-0.1, -0.05) is 30.9 Å². The number of hydrogen-bond acceptors (Lipinski definition) is 5. The topological polar surface area (TPSA) is 76.1 Å². The zero-order chi connectivity index (χ0) is 21.6. The van der Waals surface area contributed by atoms with Crippen molar-refractivity contribution in [1.29, 1.82) is 0 Å². The van der Waals surface area contributed by atoms with E-state index in [-0.39, 0.29) is 23.7 Å². The summed E-state index contributed by atoms with van der Waals surface area (Å²) < 4.78 is 10.3. The Kier molecular flexibility index (Phi) is 5.45. The maximum atomic E-state index is 12.9. The monoisotopic (exact) mass is 437 g/mol. The Labute approximate surface area is 179 Å². The van der Waals surface area contributed by atoms with Crippen molar-refractivity contribution in [3.8, 4) is 17.2 Å². The second kappa shape index (κ2) is 7.43. The summed E-state index contributed by atoms with van der Waals surface area (Å²) in [4.78, 5) is 23.3. The van der Waals surface area contributed by atoms with E-state index in [2.05, 4.69) is 6.58 Å². The maximum Gasteiger partial charge on any atom is 0.253 e. The van der Waals surface area contributed by atoms with Crippen LogP contribution in [0.1, 0.15) is 12.0 Å². The lowest BCUT2D eigenvalue weighted by atomic mass is 9.71. The molecule has 1 saturated heterocycles. The van der Waals surface area contributed by atoms with E-state index in [1.54, 1.807) is 36.4 Å². The van der Waals surface area contributed by atoms with Crippen molar-refractivity contribution in [3.05, 3.63) is 48.1 Å². The summed E-state index contributed by atoms with van der Waals surface area (Å²) >= 11 is 13.5. The maximum absolute atomic E-state index is 12.9. The van der Waals surface area contributed by atoms with Gasteiger partial charge in [0.1, 0.15) is 0 Å². The van der Waals surface area contributed by atoms with Crippen LogP contribution in [-0.4, -0.2) is 52.8 Å². The average molecular weight is 438 g/mol. The summed E-state index contributed by atoms with van der Waals surface area (Å²) in [5.74, 6) is -1.44. The van der Waals surface area contributed by atoms with Gasteiger partial charge in [0.25, 0.3) is 11.8 Å². The summed E-state index contributed by atoms with van der Waals surface area (Å²) in [6, 6.07) is 3.22. The van der Waals surface area contributed by atoms with Gasteiger partial charge in [-0.05, 0) is 29.7 Å². The molecular weight excluding hydrogens is 417 g/mol. The predicted octanol–water partition coefficient (Wildman–Crippen LogP) is 3.51. The van der Waals surface area contributed by atoms with E-state index in [9.17, 15) is 14.7 Å². The molecule has 0 bridgehead atoms. The van der Waals surface area contributed by atoms with Crippen molar-refractivity contribution >= 4 is 41.1 Å². The molecule has 1 aliphatic carbocycles. The van der Waals surface area contributed by atoms with Gasteiger partial charge in [-0.25, -0.2) is 0 Å². The predicted molar refractivity (Wildman–Crippen MR) is 112 cm³/mol. The van der Waals surface area contributed by atoms with Crippen LogP contribution in [0.4, 0.5) is 0 Å². The highest BCUT2D eigenvalue weighted by molar-refractivity contribution is 6.53. The molecule has 1 aliphatic heterocycles. The van der Waals surface area contributed by atoms with Crippen LogP contribution in [0.3, 0.4) is 0 Å². The molecule has 0 saturated carbocycles. The standard InChI is InChI=1S/C21H21Cl2NO5/c1-5-13-8-9-20(22)18(26)24(2)19(27)21(20,23)14(13)7-6-12-10-15(28-3)17(25)16(11-12)29-4/h5-8,10-11,14,25H,1,9H2,2-4H3. The zero-order valence-electron chi connectivity index (χ0n) is 16.2. The second-order valence-corrected chi connectivity index (χ2v) is 8.15. The molecule has 1 aromatic rings. The van der Waals surface area contributed by atoms with Gasteiger partial charge >= 0.3 is 0 Å². The Morgan fingerprint density at radius 1 is 1.21 bits per heavy atom. The fourth-order valence-corrected chi connectivity index (χ4v) is 4.71. The second-order valence-electron chi connectivity index (χ2n) is 6.91. The number of alkyl halides is 2. The number of likely N-dealkylation sites (tertiary alicyclic amines) is 1. The van der Waals surface area contributed by atoms with Crippen molar-refractivity contribution < 1.29 is 24.2 Å². The molecule has 0 aromatic heterocycles. The molecule has 1 N–H and O–H groups in total. The minimum absolute atomic E-state index is 0.122. The number of allylic oxidation sites excluding steroid dienone is 4. The smallest absolute Gasteiger partial charge is 0.253 e. The largest absolute Gasteiger partial charge is 0.502 e. The quantitative estimate of drug-likeness (QED) is 0.563. The highest BCUT2D eigenvalue weighted by atomic mass is 35.5. The Morgan fingerprint density at radius 2 is 1.79 bits per heavy atom. The van der Waals surface area contributed by atoms with E-state index in [1.165, 1.54) is 21.3 Å². The number of carbonyl (C=O) groups excluding carboxylic acids is 2. The van der Waals surface area contributed by atoms with Crippen LogP contribution in [0.2, 0.25) is 0 Å². The number of amides is 2. The van der Waals surface area contributed by atoms with Gasteiger partial charge in [-0.3, -0.25) is 14.5 Å². The molecule has 2 amide bonds. The van der Waals surface area contributed by atoms with Crippen LogP contribution in [0.5, 0.6) is 17.2 Å². The van der Waals surface area contributed by atoms with Crippen molar-refractivity contribution in [2.45, 2.75) is 16.2 Å². The number of fused-ring (bicyclic) bond motifs is 1. The number of nitrogens with zero attached hydrogens (tertiary/aromatic N) is 1. The minimum atomic E-state index is -1.68. The highest BCUT2D eigenvalue weighted by Gasteiger charge is 2.71. The molecule has 154 valence electrons. The number of hydrogen-bond donors (Lipinski definition) is 1. The molecule has 0 spiro atoms. The fourth-order valence-electron chi connectivity index (χ4n) is 3.83. The molecule has 3 rings (SSSR count). The van der Waals surface area contributed by atoms with Crippen LogP contribution in [0.25, 0.3) is 6.08 Å². The Hall–Kier alpha value is -2.44. The molecule has 1 aromatic carbocycles. The number of imide groups is 1. The van der Waals surface area contributed by atoms with E-state index in [0.29, 0.717) is 11.1 Å². The molecule has 2 aliphatic rings. The molecule has 29 heavy (non-hydrogen) atoms. The highest BCUT2D eigenvalue weighted by Crippen LogP contribution is 2.56. The number of aromatic hydroxyl groups is 1. The summed E-state index contributed by atoms with van der Waals surface area (Å²) in [6.45, 7) is 3.80. The molecular formula is C21H21Cl2NO5. The van der Waals surface area contributed by atoms with Gasteiger partial charge in [-0.2, -0.15) is 0 Å². The number of benzene rings is 1. The van der Waals surface area contributed by atoms with Gasteiger partial charge in [0.2, 0.25) is 5.75 Å². The zero-order valence-corrected chi connectivity index (χ0v) is 17.8. The summed E-state index contributed by atoms with van der Waals surface area (Å²) in [5.41, 5.74) is 1.33. The summed E-state index contributed by atoms with van der Waals surface area (Å²) in [7, 11) is 4.23. The number of halogens is 2. The molecule has 1 fully saturated rings. The van der Waals surface area contributed by atoms with Crippen molar-refractivity contribution in [2.24, 2.45) is 5.92 Å². The van der Waals surface area contributed by atoms with E-state index < -0.39 is 27.5 Å². The lowest BCUT2D eigenvalue weighted by Crippen LogP contribution is -2.55. The molecule has 1 heterocycles. The number of phenols is 1. The van der Waals surface area contributed by atoms with E-state index >= 15 is 0 Å². The summed E-state index contributed by atoms with van der Waals surface area (Å²) in [6.07, 6.45) is 6.91. The SMILES string of the molecule is C=CC1=CCC2(Cl)C(=O)N(C)C(=O)C2(Cl)C1C=Cc1cc(OC)c(O)c(OC)c1. The van der Waals surface area contributed by atoms with Crippen molar-refractivity contribution in [3.63, 3.8) is 0 Å². The third-order valence-corrected chi connectivity index (χ3v) is 6.89. The van der Waals surface area contributed by atoms with E-state index in [4.69, 9.17) is 32.7 Å². The van der Waals surface area contributed by atoms with Crippen LogP contribution < -0.4 is 9.47 Å². The lowest BCUT2D eigenvalue weighted by Gasteiger charge is -2.40. The Morgan fingerprint density at radius 3 is 2.31 bits per heavy atom. The molecule has 8 heteroatoms. The number of phenolic OH excluding ortho intramolecular Hbond substituents is 1. The first-order chi connectivity index (χ1) is 13.6. The van der Waals surface area contributed by atoms with Crippen LogP contribution in [0.15, 0.2) is 42.5 Å². The van der Waals surface area contributed by atoms with E-state index in [1.807, 2.05) is 0 Å². The average Bonchev–Trinajstić information content (AvgIpc) is 2.85. The minimum Gasteiger partial charge on any atom is -0.502 e. The van der Waals surface area contributed by atoms with Crippen LogP contribution in [0, 0.1) is 5.92 Å². The van der Waals surface area contributed by atoms with Gasteiger partial charge < -0.3 is 14.6 Å². The Bertz CT molecular complexity index is 931. The number of carbonyl (C=O) groups is 2. The number of methoxy groups -OCH3 is 2. The first-order valence-corrected chi connectivity index (χ1v) is 9.57. The molecule has 6 nitrogen and oxygen atoms in total. The molecule has 3 atom stereocenters. The normalized spacial score (nSPS) is 29.1. The van der Waals surface area contributed by atoms with Gasteiger partial charge in [0, 0.05) is 13.0 Å². The van der Waals surface area contributed by atoms with Gasteiger partial charge in [-0.15, -0.1) is 23.2 Å². The lowest BCUT2D eigenvalue weighted by molar-refractivity contribution is -0.137. The first-order valence-electron chi connectivity index (χ1n) is 8.81. The van der Waals surface area contributed by atoms with Crippen molar-refractivity contribution in [2.75, 3.05) is 21.3 Å².